The summed E-state index contributed by atoms with van der Waals surface area (Å²) in [5, 5.41) is 11.1. The standard InChI is InChI=1S/C17H19NO5/c1-10-4-6-14(11(2)8-10)22-9-13-5-7-15(23-13)16(19)18-12(3)17(20)21/h4-8,12H,9H2,1-3H3,(H,18,19)(H,20,21). The molecule has 1 unspecified atom stereocenters. The highest BCUT2D eigenvalue weighted by molar-refractivity contribution is 5.94. The topological polar surface area (TPSA) is 88.8 Å². The number of rotatable bonds is 6. The van der Waals surface area contributed by atoms with E-state index in [1.54, 1.807) is 6.07 Å². The Morgan fingerprint density at radius 3 is 2.65 bits per heavy atom. The van der Waals surface area contributed by atoms with E-state index in [2.05, 4.69) is 5.32 Å². The number of hydrogen-bond acceptors (Lipinski definition) is 4. The van der Waals surface area contributed by atoms with Crippen LogP contribution in [0.5, 0.6) is 5.75 Å². The molecule has 6 heteroatoms. The van der Waals surface area contributed by atoms with Gasteiger partial charge in [0.2, 0.25) is 0 Å². The molecule has 0 saturated heterocycles. The molecule has 0 radical (unpaired) electrons. The first-order chi connectivity index (χ1) is 10.9. The molecule has 0 saturated carbocycles. The Kier molecular flexibility index (Phi) is 5.05. The molecule has 0 bridgehead atoms. The van der Waals surface area contributed by atoms with Gasteiger partial charge in [0, 0.05) is 0 Å². The molecule has 23 heavy (non-hydrogen) atoms. The summed E-state index contributed by atoms with van der Waals surface area (Å²) in [6.07, 6.45) is 0. The fourth-order valence-corrected chi connectivity index (χ4v) is 2.02. The van der Waals surface area contributed by atoms with E-state index in [0.717, 1.165) is 16.9 Å². The van der Waals surface area contributed by atoms with Crippen molar-refractivity contribution in [3.8, 4) is 5.75 Å². The Bertz CT molecular complexity index is 720. The Labute approximate surface area is 134 Å². The molecular weight excluding hydrogens is 298 g/mol. The average Bonchev–Trinajstić information content (AvgIpc) is 2.95. The molecule has 2 aromatic rings. The quantitative estimate of drug-likeness (QED) is 0.855. The number of carbonyl (C=O) groups excluding carboxylic acids is 1. The van der Waals surface area contributed by atoms with Gasteiger partial charge in [0.25, 0.3) is 5.91 Å². The number of furan rings is 1. The highest BCUT2D eigenvalue weighted by atomic mass is 16.5. The van der Waals surface area contributed by atoms with Crippen LogP contribution < -0.4 is 10.1 Å². The van der Waals surface area contributed by atoms with Crippen LogP contribution in [-0.2, 0) is 11.4 Å². The maximum atomic E-state index is 11.8. The van der Waals surface area contributed by atoms with Gasteiger partial charge in [-0.1, -0.05) is 17.7 Å². The highest BCUT2D eigenvalue weighted by Gasteiger charge is 2.18. The molecule has 1 aromatic carbocycles. The first-order valence-electron chi connectivity index (χ1n) is 7.19. The van der Waals surface area contributed by atoms with E-state index in [4.69, 9.17) is 14.3 Å². The van der Waals surface area contributed by atoms with Gasteiger partial charge in [-0.05, 0) is 44.5 Å². The number of amides is 1. The van der Waals surface area contributed by atoms with Gasteiger partial charge in [0.1, 0.15) is 24.2 Å². The highest BCUT2D eigenvalue weighted by Crippen LogP contribution is 2.20. The Balaban J connectivity index is 1.97. The summed E-state index contributed by atoms with van der Waals surface area (Å²) in [5.41, 5.74) is 2.17. The third-order valence-corrected chi connectivity index (χ3v) is 3.30. The molecule has 6 nitrogen and oxygen atoms in total. The number of carboxylic acids is 1. The summed E-state index contributed by atoms with van der Waals surface area (Å²) in [6.45, 7) is 5.53. The third-order valence-electron chi connectivity index (χ3n) is 3.30. The third kappa shape index (κ3) is 4.35. The Morgan fingerprint density at radius 1 is 1.26 bits per heavy atom. The molecule has 1 amide bonds. The normalized spacial score (nSPS) is 11.8. The number of carbonyl (C=O) groups is 2. The number of carboxylic acid groups (broad SMARTS) is 1. The van der Waals surface area contributed by atoms with Crippen LogP contribution in [0.15, 0.2) is 34.7 Å². The van der Waals surface area contributed by atoms with Crippen LogP contribution in [-0.4, -0.2) is 23.0 Å². The SMILES string of the molecule is Cc1ccc(OCc2ccc(C(=O)NC(C)C(=O)O)o2)c(C)c1. The van der Waals surface area contributed by atoms with Gasteiger partial charge >= 0.3 is 5.97 Å². The van der Waals surface area contributed by atoms with Crippen molar-refractivity contribution in [2.24, 2.45) is 0 Å². The fraction of sp³-hybridized carbons (Fsp3) is 0.294. The molecular formula is C17H19NO5. The minimum atomic E-state index is -1.11. The number of aliphatic carboxylic acids is 1. The molecule has 0 spiro atoms. The zero-order valence-electron chi connectivity index (χ0n) is 13.3. The summed E-state index contributed by atoms with van der Waals surface area (Å²) in [7, 11) is 0. The van der Waals surface area contributed by atoms with E-state index in [-0.39, 0.29) is 12.4 Å². The second kappa shape index (κ2) is 7.00. The van der Waals surface area contributed by atoms with Gasteiger partial charge in [-0.2, -0.15) is 0 Å². The van der Waals surface area contributed by atoms with Crippen molar-refractivity contribution in [2.75, 3.05) is 0 Å². The van der Waals surface area contributed by atoms with Crippen molar-refractivity contribution in [3.63, 3.8) is 0 Å². The number of ether oxygens (including phenoxy) is 1. The predicted octanol–water partition coefficient (Wildman–Crippen LogP) is 2.68. The van der Waals surface area contributed by atoms with Crippen LogP contribution in [0.2, 0.25) is 0 Å². The van der Waals surface area contributed by atoms with Gasteiger partial charge < -0.3 is 19.6 Å². The van der Waals surface area contributed by atoms with Crippen LogP contribution in [0.25, 0.3) is 0 Å². The van der Waals surface area contributed by atoms with Crippen molar-refractivity contribution < 1.29 is 23.8 Å². The molecule has 2 rings (SSSR count). The van der Waals surface area contributed by atoms with Crippen LogP contribution >= 0.6 is 0 Å². The first kappa shape index (κ1) is 16.6. The lowest BCUT2D eigenvalue weighted by Gasteiger charge is -2.08. The lowest BCUT2D eigenvalue weighted by atomic mass is 10.1. The minimum absolute atomic E-state index is 0.0531. The van der Waals surface area contributed by atoms with E-state index >= 15 is 0 Å². The van der Waals surface area contributed by atoms with Crippen molar-refractivity contribution >= 4 is 11.9 Å². The van der Waals surface area contributed by atoms with Crippen molar-refractivity contribution in [1.29, 1.82) is 0 Å². The Hall–Kier alpha value is -2.76. The molecule has 0 aliphatic carbocycles. The molecule has 1 heterocycles. The van der Waals surface area contributed by atoms with Gasteiger partial charge in [-0.3, -0.25) is 9.59 Å². The molecule has 0 aliphatic rings. The second-order valence-corrected chi connectivity index (χ2v) is 5.36. The number of nitrogens with one attached hydrogen (secondary N) is 1. The molecule has 0 fully saturated rings. The smallest absolute Gasteiger partial charge is 0.325 e. The van der Waals surface area contributed by atoms with Crippen LogP contribution in [0.4, 0.5) is 0 Å². The number of aryl methyl sites for hydroxylation is 2. The van der Waals surface area contributed by atoms with Gasteiger partial charge in [-0.15, -0.1) is 0 Å². The summed E-state index contributed by atoms with van der Waals surface area (Å²) < 4.78 is 11.1. The Morgan fingerprint density at radius 2 is 2.00 bits per heavy atom. The second-order valence-electron chi connectivity index (χ2n) is 5.36. The van der Waals surface area contributed by atoms with Crippen LogP contribution in [0.1, 0.15) is 34.4 Å². The first-order valence-corrected chi connectivity index (χ1v) is 7.19. The van der Waals surface area contributed by atoms with Crippen LogP contribution in [0.3, 0.4) is 0 Å². The van der Waals surface area contributed by atoms with Crippen molar-refractivity contribution in [1.82, 2.24) is 5.32 Å². The maximum Gasteiger partial charge on any atom is 0.325 e. The molecule has 2 N–H and O–H groups in total. The summed E-state index contributed by atoms with van der Waals surface area (Å²) >= 11 is 0. The van der Waals surface area contributed by atoms with Crippen LogP contribution in [0, 0.1) is 13.8 Å². The molecule has 122 valence electrons. The van der Waals surface area contributed by atoms with E-state index in [0.29, 0.717) is 5.76 Å². The largest absolute Gasteiger partial charge is 0.485 e. The zero-order valence-corrected chi connectivity index (χ0v) is 13.3. The van der Waals surface area contributed by atoms with E-state index in [9.17, 15) is 9.59 Å². The van der Waals surface area contributed by atoms with Gasteiger partial charge in [0.05, 0.1) is 0 Å². The summed E-state index contributed by atoms with van der Waals surface area (Å²) in [6, 6.07) is 7.99. The molecule has 1 aromatic heterocycles. The molecule has 1 atom stereocenters. The van der Waals surface area contributed by atoms with Crippen molar-refractivity contribution in [2.45, 2.75) is 33.4 Å². The summed E-state index contributed by atoms with van der Waals surface area (Å²) in [4.78, 5) is 22.6. The van der Waals surface area contributed by atoms with E-state index in [1.165, 1.54) is 13.0 Å². The monoisotopic (exact) mass is 317 g/mol. The minimum Gasteiger partial charge on any atom is -0.485 e. The average molecular weight is 317 g/mol. The fourth-order valence-electron chi connectivity index (χ4n) is 2.02. The van der Waals surface area contributed by atoms with Gasteiger partial charge in [-0.25, -0.2) is 0 Å². The number of benzene rings is 1. The van der Waals surface area contributed by atoms with Crippen molar-refractivity contribution in [3.05, 3.63) is 53.0 Å². The summed E-state index contributed by atoms with van der Waals surface area (Å²) in [5.74, 6) is -0.395. The van der Waals surface area contributed by atoms with E-state index in [1.807, 2.05) is 32.0 Å². The van der Waals surface area contributed by atoms with Gasteiger partial charge in [0.15, 0.2) is 5.76 Å². The lowest BCUT2D eigenvalue weighted by molar-refractivity contribution is -0.138. The predicted molar refractivity (Wildman–Crippen MR) is 83.5 cm³/mol. The van der Waals surface area contributed by atoms with E-state index < -0.39 is 17.9 Å². The number of hydrogen-bond donors (Lipinski definition) is 2. The lowest BCUT2D eigenvalue weighted by Crippen LogP contribution is -2.38. The zero-order chi connectivity index (χ0) is 17.0. The maximum absolute atomic E-state index is 11.8. The molecule has 0 aliphatic heterocycles.